The standard InChI is InChI=1S/C15H19NO2/c1-2-14(16-6-1)15(9-17-10-15)12-3-4-13-11(8-12)5-7-18-13/h3-4,8,14,16H,1-2,5-7,9-10H2. The van der Waals surface area contributed by atoms with Gasteiger partial charge in [0.2, 0.25) is 0 Å². The lowest BCUT2D eigenvalue weighted by atomic mass is 9.71. The summed E-state index contributed by atoms with van der Waals surface area (Å²) in [5.74, 6) is 1.08. The van der Waals surface area contributed by atoms with Crippen molar-refractivity contribution in [2.24, 2.45) is 0 Å². The van der Waals surface area contributed by atoms with Crippen LogP contribution >= 0.6 is 0 Å². The molecular weight excluding hydrogens is 226 g/mol. The Kier molecular flexibility index (Phi) is 2.39. The van der Waals surface area contributed by atoms with Crippen molar-refractivity contribution >= 4 is 0 Å². The van der Waals surface area contributed by atoms with Gasteiger partial charge in [-0.05, 0) is 36.6 Å². The van der Waals surface area contributed by atoms with Gasteiger partial charge >= 0.3 is 0 Å². The Labute approximate surface area is 107 Å². The molecule has 1 N–H and O–H groups in total. The Morgan fingerprint density at radius 1 is 1.28 bits per heavy atom. The van der Waals surface area contributed by atoms with Crippen molar-refractivity contribution in [1.82, 2.24) is 5.32 Å². The molecule has 2 saturated heterocycles. The summed E-state index contributed by atoms with van der Waals surface area (Å²) in [7, 11) is 0. The number of benzene rings is 1. The van der Waals surface area contributed by atoms with E-state index in [9.17, 15) is 0 Å². The number of nitrogens with one attached hydrogen (secondary N) is 1. The minimum Gasteiger partial charge on any atom is -0.493 e. The van der Waals surface area contributed by atoms with Gasteiger partial charge in [-0.1, -0.05) is 12.1 Å². The van der Waals surface area contributed by atoms with Crippen LogP contribution in [0, 0.1) is 0 Å². The van der Waals surface area contributed by atoms with Gasteiger partial charge in [-0.2, -0.15) is 0 Å². The molecule has 0 saturated carbocycles. The predicted octanol–water partition coefficient (Wildman–Crippen LogP) is 1.64. The van der Waals surface area contributed by atoms with Gasteiger partial charge in [0, 0.05) is 12.5 Å². The lowest BCUT2D eigenvalue weighted by Crippen LogP contribution is -2.58. The molecule has 3 nitrogen and oxygen atoms in total. The number of hydrogen-bond acceptors (Lipinski definition) is 3. The summed E-state index contributed by atoms with van der Waals surface area (Å²) in [4.78, 5) is 0. The maximum atomic E-state index is 5.60. The summed E-state index contributed by atoms with van der Waals surface area (Å²) in [6.07, 6.45) is 3.62. The Morgan fingerprint density at radius 2 is 2.22 bits per heavy atom. The van der Waals surface area contributed by atoms with E-state index in [2.05, 4.69) is 23.5 Å². The van der Waals surface area contributed by atoms with Crippen LogP contribution in [0.1, 0.15) is 24.0 Å². The van der Waals surface area contributed by atoms with E-state index in [0.29, 0.717) is 6.04 Å². The number of fused-ring (bicyclic) bond motifs is 1. The van der Waals surface area contributed by atoms with Crippen LogP contribution in [0.25, 0.3) is 0 Å². The van der Waals surface area contributed by atoms with Gasteiger partial charge in [0.15, 0.2) is 0 Å². The first-order valence-electron chi connectivity index (χ1n) is 6.96. The SMILES string of the molecule is c1cc2c(cc1C1(C3CCCN3)COC1)CCO2. The lowest BCUT2D eigenvalue weighted by Gasteiger charge is -2.46. The third kappa shape index (κ3) is 1.44. The van der Waals surface area contributed by atoms with E-state index in [1.807, 2.05) is 0 Å². The number of ether oxygens (including phenoxy) is 2. The Balaban J connectivity index is 1.71. The van der Waals surface area contributed by atoms with Crippen molar-refractivity contribution in [3.8, 4) is 5.75 Å². The first-order chi connectivity index (χ1) is 8.88. The van der Waals surface area contributed by atoms with Crippen molar-refractivity contribution in [3.63, 3.8) is 0 Å². The second-order valence-electron chi connectivity index (χ2n) is 5.72. The largest absolute Gasteiger partial charge is 0.493 e. The van der Waals surface area contributed by atoms with Crippen LogP contribution in [-0.2, 0) is 16.6 Å². The highest BCUT2D eigenvalue weighted by molar-refractivity contribution is 5.44. The summed E-state index contributed by atoms with van der Waals surface area (Å²) in [6, 6.07) is 7.33. The van der Waals surface area contributed by atoms with Gasteiger partial charge < -0.3 is 14.8 Å². The molecule has 0 aliphatic carbocycles. The molecule has 4 rings (SSSR count). The second-order valence-corrected chi connectivity index (χ2v) is 5.72. The van der Waals surface area contributed by atoms with Crippen LogP contribution < -0.4 is 10.1 Å². The van der Waals surface area contributed by atoms with Crippen LogP contribution in [0.4, 0.5) is 0 Å². The van der Waals surface area contributed by atoms with E-state index in [1.54, 1.807) is 0 Å². The van der Waals surface area contributed by atoms with Gasteiger partial charge in [-0.15, -0.1) is 0 Å². The zero-order valence-electron chi connectivity index (χ0n) is 10.6. The molecule has 0 aromatic heterocycles. The fourth-order valence-corrected chi connectivity index (χ4v) is 3.54. The highest BCUT2D eigenvalue weighted by atomic mass is 16.5. The zero-order valence-corrected chi connectivity index (χ0v) is 10.6. The maximum absolute atomic E-state index is 5.60. The molecule has 0 bridgehead atoms. The zero-order chi connectivity index (χ0) is 12.0. The Bertz CT molecular complexity index is 462. The second kappa shape index (κ2) is 3.97. The molecule has 3 heteroatoms. The Morgan fingerprint density at radius 3 is 2.94 bits per heavy atom. The third-order valence-electron chi connectivity index (χ3n) is 4.71. The van der Waals surface area contributed by atoms with Gasteiger partial charge in [-0.3, -0.25) is 0 Å². The van der Waals surface area contributed by atoms with Crippen LogP contribution in [0.2, 0.25) is 0 Å². The molecule has 3 aliphatic rings. The summed E-state index contributed by atoms with van der Waals surface area (Å²) >= 11 is 0. The molecule has 1 unspecified atom stereocenters. The molecule has 3 aliphatic heterocycles. The average Bonchev–Trinajstić information content (AvgIpc) is 2.96. The molecule has 96 valence electrons. The normalized spacial score (nSPS) is 28.6. The molecule has 2 fully saturated rings. The van der Waals surface area contributed by atoms with E-state index >= 15 is 0 Å². The van der Waals surface area contributed by atoms with E-state index in [1.165, 1.54) is 24.0 Å². The van der Waals surface area contributed by atoms with Crippen molar-refractivity contribution in [2.75, 3.05) is 26.4 Å². The molecular formula is C15H19NO2. The summed E-state index contributed by atoms with van der Waals surface area (Å²) in [6.45, 7) is 3.72. The van der Waals surface area contributed by atoms with Gasteiger partial charge in [0.25, 0.3) is 0 Å². The minimum atomic E-state index is 0.216. The van der Waals surface area contributed by atoms with Crippen LogP contribution in [-0.4, -0.2) is 32.4 Å². The van der Waals surface area contributed by atoms with E-state index in [-0.39, 0.29) is 5.41 Å². The third-order valence-corrected chi connectivity index (χ3v) is 4.71. The fraction of sp³-hybridized carbons (Fsp3) is 0.600. The quantitative estimate of drug-likeness (QED) is 0.859. The van der Waals surface area contributed by atoms with Crippen molar-refractivity contribution in [2.45, 2.75) is 30.7 Å². The van der Waals surface area contributed by atoms with Crippen LogP contribution in [0.3, 0.4) is 0 Å². The Hall–Kier alpha value is -1.06. The molecule has 1 aromatic carbocycles. The molecule has 0 spiro atoms. The average molecular weight is 245 g/mol. The van der Waals surface area contributed by atoms with Crippen LogP contribution in [0.15, 0.2) is 18.2 Å². The van der Waals surface area contributed by atoms with Gasteiger partial charge in [0.1, 0.15) is 5.75 Å². The molecule has 18 heavy (non-hydrogen) atoms. The van der Waals surface area contributed by atoms with E-state index in [0.717, 1.165) is 38.5 Å². The molecule has 3 heterocycles. The smallest absolute Gasteiger partial charge is 0.122 e. The number of rotatable bonds is 2. The molecule has 1 aromatic rings. The monoisotopic (exact) mass is 245 g/mol. The topological polar surface area (TPSA) is 30.5 Å². The minimum absolute atomic E-state index is 0.216. The van der Waals surface area contributed by atoms with Crippen LogP contribution in [0.5, 0.6) is 5.75 Å². The first-order valence-corrected chi connectivity index (χ1v) is 6.96. The predicted molar refractivity (Wildman–Crippen MR) is 69.2 cm³/mol. The lowest BCUT2D eigenvalue weighted by molar-refractivity contribution is -0.0761. The highest BCUT2D eigenvalue weighted by Gasteiger charge is 2.48. The summed E-state index contributed by atoms with van der Waals surface area (Å²) in [5, 5.41) is 3.65. The molecule has 0 radical (unpaired) electrons. The summed E-state index contributed by atoms with van der Waals surface area (Å²) < 4.78 is 11.1. The van der Waals surface area contributed by atoms with E-state index in [4.69, 9.17) is 9.47 Å². The summed E-state index contributed by atoms with van der Waals surface area (Å²) in [5.41, 5.74) is 3.03. The molecule has 1 atom stereocenters. The van der Waals surface area contributed by atoms with E-state index < -0.39 is 0 Å². The maximum Gasteiger partial charge on any atom is 0.122 e. The molecule has 0 amide bonds. The van der Waals surface area contributed by atoms with Crippen molar-refractivity contribution in [3.05, 3.63) is 29.3 Å². The fourth-order valence-electron chi connectivity index (χ4n) is 3.54. The van der Waals surface area contributed by atoms with Crippen molar-refractivity contribution in [1.29, 1.82) is 0 Å². The first kappa shape index (κ1) is 10.8. The van der Waals surface area contributed by atoms with Gasteiger partial charge in [0.05, 0.1) is 25.2 Å². The highest BCUT2D eigenvalue weighted by Crippen LogP contribution is 2.41. The number of hydrogen-bond donors (Lipinski definition) is 1. The van der Waals surface area contributed by atoms with Gasteiger partial charge in [-0.25, -0.2) is 0 Å². The van der Waals surface area contributed by atoms with Crippen molar-refractivity contribution < 1.29 is 9.47 Å².